The van der Waals surface area contributed by atoms with Crippen LogP contribution < -0.4 is 4.74 Å². The maximum atomic E-state index is 11.0. The average Bonchev–Trinajstić information content (AvgIpc) is 2.88. The Bertz CT molecular complexity index is 1080. The molecule has 34 heavy (non-hydrogen) atoms. The lowest BCUT2D eigenvalue weighted by Gasteiger charge is -2.38. The number of pyridine rings is 1. The zero-order chi connectivity index (χ0) is 23.9. The summed E-state index contributed by atoms with van der Waals surface area (Å²) in [5.74, 6) is 2.52. The van der Waals surface area contributed by atoms with Crippen molar-refractivity contribution in [3.63, 3.8) is 0 Å². The van der Waals surface area contributed by atoms with Gasteiger partial charge in [-0.1, -0.05) is 18.2 Å². The first-order chi connectivity index (χ1) is 16.6. The standard InChI is InChI=1S/C28H36N2O3S/c1-20-5-3-4-6-28(20)34-16-15-30-14-12-21(22(18-30)19-31)7-10-27(32)24-11-13-29-26-9-8-23(33-2)17-25(24)26/h3-6,8-9,11,13,17,21-22,27,31-32H,7,10,12,14-16,18-19H2,1-2H3/t21-,22-,27?/m1/s1. The van der Waals surface area contributed by atoms with Crippen molar-refractivity contribution >= 4 is 22.7 Å². The van der Waals surface area contributed by atoms with E-state index in [9.17, 15) is 10.2 Å². The van der Waals surface area contributed by atoms with Crippen LogP contribution in [0.3, 0.4) is 0 Å². The summed E-state index contributed by atoms with van der Waals surface area (Å²) in [6.45, 7) is 5.39. The number of aromatic nitrogens is 1. The van der Waals surface area contributed by atoms with Crippen LogP contribution in [0.1, 0.15) is 36.5 Å². The Labute approximate surface area is 207 Å². The Balaban J connectivity index is 1.30. The zero-order valence-corrected chi connectivity index (χ0v) is 21.0. The van der Waals surface area contributed by atoms with Gasteiger partial charge in [-0.2, -0.15) is 0 Å². The summed E-state index contributed by atoms with van der Waals surface area (Å²) in [7, 11) is 1.65. The van der Waals surface area contributed by atoms with Gasteiger partial charge in [0.1, 0.15) is 5.75 Å². The number of piperidine rings is 1. The molecule has 182 valence electrons. The van der Waals surface area contributed by atoms with Crippen LogP contribution in [0.15, 0.2) is 59.6 Å². The van der Waals surface area contributed by atoms with Gasteiger partial charge < -0.3 is 19.8 Å². The number of benzene rings is 2. The lowest BCUT2D eigenvalue weighted by molar-refractivity contribution is 0.0608. The van der Waals surface area contributed by atoms with Gasteiger partial charge in [0.2, 0.25) is 0 Å². The van der Waals surface area contributed by atoms with Crippen molar-refractivity contribution in [3.05, 3.63) is 65.9 Å². The third-order valence-electron chi connectivity index (χ3n) is 7.12. The molecule has 2 heterocycles. The molecule has 6 heteroatoms. The minimum Gasteiger partial charge on any atom is -0.497 e. The fourth-order valence-corrected chi connectivity index (χ4v) is 6.08. The lowest BCUT2D eigenvalue weighted by Crippen LogP contribution is -2.43. The number of hydrogen-bond acceptors (Lipinski definition) is 6. The molecule has 2 aromatic carbocycles. The number of ether oxygens (including phenoxy) is 1. The molecule has 3 aromatic rings. The van der Waals surface area contributed by atoms with E-state index in [1.165, 1.54) is 10.5 Å². The molecule has 5 nitrogen and oxygen atoms in total. The van der Waals surface area contributed by atoms with Gasteiger partial charge in [-0.25, -0.2) is 0 Å². The van der Waals surface area contributed by atoms with Crippen molar-refractivity contribution in [1.82, 2.24) is 9.88 Å². The van der Waals surface area contributed by atoms with Crippen molar-refractivity contribution in [2.75, 3.05) is 39.1 Å². The highest BCUT2D eigenvalue weighted by Crippen LogP contribution is 2.33. The van der Waals surface area contributed by atoms with Crippen LogP contribution in [0.4, 0.5) is 0 Å². The molecular formula is C28H36N2O3S. The van der Waals surface area contributed by atoms with Crippen molar-refractivity contribution in [2.45, 2.75) is 37.2 Å². The summed E-state index contributed by atoms with van der Waals surface area (Å²) in [5.41, 5.74) is 3.09. The molecule has 2 N–H and O–H groups in total. The molecule has 4 rings (SSSR count). The number of methoxy groups -OCH3 is 1. The minimum atomic E-state index is -0.555. The number of rotatable bonds is 10. The summed E-state index contributed by atoms with van der Waals surface area (Å²) >= 11 is 1.91. The number of aryl methyl sites for hydroxylation is 1. The molecule has 1 unspecified atom stereocenters. The highest BCUT2D eigenvalue weighted by Gasteiger charge is 2.29. The topological polar surface area (TPSA) is 65.8 Å². The van der Waals surface area contributed by atoms with E-state index in [4.69, 9.17) is 4.74 Å². The second-order valence-corrected chi connectivity index (χ2v) is 10.4. The zero-order valence-electron chi connectivity index (χ0n) is 20.2. The van der Waals surface area contributed by atoms with Gasteiger partial charge >= 0.3 is 0 Å². The summed E-state index contributed by atoms with van der Waals surface area (Å²) < 4.78 is 5.37. The third kappa shape index (κ3) is 6.11. The molecule has 1 fully saturated rings. The van der Waals surface area contributed by atoms with Gasteiger partial charge in [-0.05, 0) is 86.0 Å². The van der Waals surface area contributed by atoms with Crippen LogP contribution in [0.2, 0.25) is 0 Å². The second kappa shape index (κ2) is 12.0. The number of aliphatic hydroxyl groups is 2. The fraction of sp³-hybridized carbons (Fsp3) is 0.464. The van der Waals surface area contributed by atoms with E-state index < -0.39 is 6.10 Å². The maximum absolute atomic E-state index is 11.0. The molecule has 0 spiro atoms. The molecule has 0 amide bonds. The number of aliphatic hydroxyl groups excluding tert-OH is 2. The van der Waals surface area contributed by atoms with Crippen LogP contribution in [0, 0.1) is 18.8 Å². The Hall–Kier alpha value is -2.12. The van der Waals surface area contributed by atoms with Crippen LogP contribution in [-0.2, 0) is 0 Å². The number of likely N-dealkylation sites (tertiary alicyclic amines) is 1. The van der Waals surface area contributed by atoms with E-state index in [2.05, 4.69) is 41.1 Å². The first-order valence-electron chi connectivity index (χ1n) is 12.2. The van der Waals surface area contributed by atoms with Gasteiger partial charge in [-0.15, -0.1) is 11.8 Å². The Kier molecular flexibility index (Phi) is 8.84. The summed E-state index contributed by atoms with van der Waals surface area (Å²) in [6, 6.07) is 16.2. The van der Waals surface area contributed by atoms with Gasteiger partial charge in [0.05, 0.1) is 18.7 Å². The number of nitrogens with zero attached hydrogens (tertiary/aromatic N) is 2. The van der Waals surface area contributed by atoms with Crippen molar-refractivity contribution in [1.29, 1.82) is 0 Å². The molecule has 0 aliphatic carbocycles. The van der Waals surface area contributed by atoms with Crippen LogP contribution in [0.25, 0.3) is 10.9 Å². The first kappa shape index (κ1) is 25.0. The fourth-order valence-electron chi connectivity index (χ4n) is 5.04. The quantitative estimate of drug-likeness (QED) is 0.394. The average molecular weight is 481 g/mol. The Morgan fingerprint density at radius 2 is 2.03 bits per heavy atom. The van der Waals surface area contributed by atoms with E-state index in [-0.39, 0.29) is 12.5 Å². The van der Waals surface area contributed by atoms with Crippen LogP contribution in [0.5, 0.6) is 5.75 Å². The number of thioether (sulfide) groups is 1. The van der Waals surface area contributed by atoms with E-state index in [1.54, 1.807) is 13.3 Å². The molecular weight excluding hydrogens is 444 g/mol. The smallest absolute Gasteiger partial charge is 0.119 e. The second-order valence-electron chi connectivity index (χ2n) is 9.28. The van der Waals surface area contributed by atoms with Crippen molar-refractivity contribution in [2.24, 2.45) is 11.8 Å². The molecule has 3 atom stereocenters. The van der Waals surface area contributed by atoms with E-state index in [0.29, 0.717) is 12.3 Å². The molecule has 0 bridgehead atoms. The summed E-state index contributed by atoms with van der Waals surface area (Å²) in [4.78, 5) is 8.27. The highest BCUT2D eigenvalue weighted by molar-refractivity contribution is 7.99. The van der Waals surface area contributed by atoms with E-state index >= 15 is 0 Å². The molecule has 1 aromatic heterocycles. The highest BCUT2D eigenvalue weighted by atomic mass is 32.2. The predicted octanol–water partition coefficient (Wildman–Crippen LogP) is 5.09. The summed E-state index contributed by atoms with van der Waals surface area (Å²) in [5, 5.41) is 22.0. The van der Waals surface area contributed by atoms with Gasteiger partial charge in [0.25, 0.3) is 0 Å². The predicted molar refractivity (Wildman–Crippen MR) is 140 cm³/mol. The molecule has 0 radical (unpaired) electrons. The van der Waals surface area contributed by atoms with Gasteiger partial charge in [-0.3, -0.25) is 4.98 Å². The molecule has 1 aliphatic rings. The van der Waals surface area contributed by atoms with Crippen LogP contribution >= 0.6 is 11.8 Å². The number of hydrogen-bond donors (Lipinski definition) is 2. The number of fused-ring (bicyclic) bond motifs is 1. The first-order valence-corrected chi connectivity index (χ1v) is 13.2. The third-order valence-corrected chi connectivity index (χ3v) is 8.28. The normalized spacial score (nSPS) is 19.9. The Morgan fingerprint density at radius 3 is 2.82 bits per heavy atom. The van der Waals surface area contributed by atoms with Gasteiger partial charge in [0, 0.05) is 41.9 Å². The van der Waals surface area contributed by atoms with E-state index in [0.717, 1.165) is 60.4 Å². The van der Waals surface area contributed by atoms with Gasteiger partial charge in [0.15, 0.2) is 0 Å². The molecule has 0 saturated carbocycles. The molecule has 1 saturated heterocycles. The lowest BCUT2D eigenvalue weighted by atomic mass is 9.81. The maximum Gasteiger partial charge on any atom is 0.119 e. The van der Waals surface area contributed by atoms with E-state index in [1.807, 2.05) is 36.0 Å². The van der Waals surface area contributed by atoms with Crippen molar-refractivity contribution < 1.29 is 14.9 Å². The van der Waals surface area contributed by atoms with Crippen molar-refractivity contribution in [3.8, 4) is 5.75 Å². The Morgan fingerprint density at radius 1 is 1.18 bits per heavy atom. The summed E-state index contributed by atoms with van der Waals surface area (Å²) in [6.07, 6.45) is 3.86. The van der Waals surface area contributed by atoms with Crippen LogP contribution in [-0.4, -0.2) is 59.2 Å². The monoisotopic (exact) mass is 480 g/mol. The molecule has 1 aliphatic heterocycles. The SMILES string of the molecule is COc1ccc2nccc(C(O)CC[C@@H]3CCN(CCSc4ccccc4C)C[C@@H]3CO)c2c1. The minimum absolute atomic E-state index is 0.206. The largest absolute Gasteiger partial charge is 0.497 e.